The van der Waals surface area contributed by atoms with Crippen LogP contribution in [0.1, 0.15) is 86.1 Å². The molecule has 25 heteroatoms. The fourth-order valence-electron chi connectivity index (χ4n) is 6.71. The maximum absolute atomic E-state index is 13.9. The number of unbranched alkanes of at least 4 members (excludes halogenated alkanes) is 1. The molecule has 24 nitrogen and oxygen atoms in total. The number of aromatic hydroxyl groups is 1. The Morgan fingerprint density at radius 3 is 1.56 bits per heavy atom. The summed E-state index contributed by atoms with van der Waals surface area (Å²) in [6.45, 7) is 10.4. The van der Waals surface area contributed by atoms with Crippen LogP contribution in [0.15, 0.2) is 24.3 Å². The van der Waals surface area contributed by atoms with Crippen molar-refractivity contribution in [3.8, 4) is 5.75 Å². The first-order valence-corrected chi connectivity index (χ1v) is 24.4. The van der Waals surface area contributed by atoms with Gasteiger partial charge in [-0.3, -0.25) is 43.2 Å². The van der Waals surface area contributed by atoms with Gasteiger partial charge in [-0.05, 0) is 86.6 Å². The second-order valence-electron chi connectivity index (χ2n) is 17.9. The van der Waals surface area contributed by atoms with Crippen molar-refractivity contribution in [2.24, 2.45) is 35.0 Å². The molecule has 9 atom stereocenters. The van der Waals surface area contributed by atoms with Gasteiger partial charge in [-0.1, -0.05) is 53.7 Å². The lowest BCUT2D eigenvalue weighted by molar-refractivity contribution is -0.144. The van der Waals surface area contributed by atoms with Gasteiger partial charge in [-0.15, -0.1) is 0 Å². The van der Waals surface area contributed by atoms with Crippen molar-refractivity contribution >= 4 is 70.9 Å². The Morgan fingerprint density at radius 1 is 0.600 bits per heavy atom. The van der Waals surface area contributed by atoms with Crippen molar-refractivity contribution in [2.75, 3.05) is 25.1 Å². The van der Waals surface area contributed by atoms with Crippen LogP contribution >= 0.6 is 11.8 Å². The van der Waals surface area contributed by atoms with Gasteiger partial charge in [0.1, 0.15) is 48.0 Å². The van der Waals surface area contributed by atoms with Crippen LogP contribution in [0.2, 0.25) is 0 Å². The standard InChI is InChI=1S/C45H75N11O13S/c1-22(2)34(42(65)54-35(23(3)4)43(66)56-37(25(7)57)44(67)55-36(24(5)6)45(68)69)53-41(64)29(11-9-10-17-46)50-33(60)21-49-39(62)31(19-26-12-14-27(58)15-13-26)52-40(63)30(16-18-70-8)51-38(61)28(47)20-32(48)59/h12-15,22-25,28-31,34-37,57-58H,9-11,16-21,46-47H2,1-8H3,(H2,48,59)(H,49,62)(H,50,60)(H,51,61)(H,52,63)(H,53,64)(H,54,65)(H,55,67)(H,56,66)(H,68,69)/t25-,28+,29+,30+,31+,34+,35+,36+,37+/m1/s1. The number of amides is 9. The molecule has 70 heavy (non-hydrogen) atoms. The molecule has 1 aromatic carbocycles. The van der Waals surface area contributed by atoms with Crippen LogP contribution in [0.4, 0.5) is 0 Å². The zero-order valence-electron chi connectivity index (χ0n) is 41.2. The van der Waals surface area contributed by atoms with Gasteiger partial charge in [0.2, 0.25) is 53.2 Å². The van der Waals surface area contributed by atoms with Gasteiger partial charge in [0.15, 0.2) is 0 Å². The van der Waals surface area contributed by atoms with E-state index < -0.39 is 144 Å². The lowest BCUT2D eigenvalue weighted by Gasteiger charge is -2.30. The number of benzene rings is 1. The number of hydrogen-bond acceptors (Lipinski definition) is 15. The van der Waals surface area contributed by atoms with E-state index in [2.05, 4.69) is 42.5 Å². The zero-order valence-corrected chi connectivity index (χ0v) is 42.0. The molecule has 9 amide bonds. The second kappa shape index (κ2) is 31.2. The summed E-state index contributed by atoms with van der Waals surface area (Å²) in [4.78, 5) is 131. The molecule has 394 valence electrons. The number of carboxylic acid groups (broad SMARTS) is 1. The highest BCUT2D eigenvalue weighted by Crippen LogP contribution is 2.14. The third-order valence-electron chi connectivity index (χ3n) is 10.8. The van der Waals surface area contributed by atoms with Crippen LogP contribution in [0.3, 0.4) is 0 Å². The molecule has 0 aliphatic rings. The molecule has 0 aliphatic heterocycles. The Labute approximate surface area is 412 Å². The number of hydrogen-bond donors (Lipinski definition) is 14. The largest absolute Gasteiger partial charge is 0.508 e. The number of carbonyl (C=O) groups excluding carboxylic acids is 9. The molecule has 0 spiro atoms. The smallest absolute Gasteiger partial charge is 0.326 e. The van der Waals surface area contributed by atoms with Gasteiger partial charge in [0, 0.05) is 6.42 Å². The second-order valence-corrected chi connectivity index (χ2v) is 18.9. The summed E-state index contributed by atoms with van der Waals surface area (Å²) in [7, 11) is 0. The van der Waals surface area contributed by atoms with Crippen LogP contribution in [-0.4, -0.2) is 154 Å². The highest BCUT2D eigenvalue weighted by molar-refractivity contribution is 7.98. The number of aliphatic hydroxyl groups is 1. The van der Waals surface area contributed by atoms with Gasteiger partial charge in [0.25, 0.3) is 0 Å². The first-order chi connectivity index (χ1) is 32.7. The topological polar surface area (TPSA) is 406 Å². The molecule has 0 aliphatic carbocycles. The lowest BCUT2D eigenvalue weighted by Crippen LogP contribution is -2.62. The Morgan fingerprint density at radius 2 is 1.07 bits per heavy atom. The molecule has 0 aromatic heterocycles. The summed E-state index contributed by atoms with van der Waals surface area (Å²) < 4.78 is 0. The number of primary amides is 1. The molecule has 0 radical (unpaired) electrons. The first kappa shape index (κ1) is 62.0. The highest BCUT2D eigenvalue weighted by atomic mass is 32.2. The van der Waals surface area contributed by atoms with E-state index in [4.69, 9.17) is 17.2 Å². The molecule has 17 N–H and O–H groups in total. The average molecular weight is 1010 g/mol. The van der Waals surface area contributed by atoms with Crippen molar-refractivity contribution < 1.29 is 63.3 Å². The molecule has 0 heterocycles. The monoisotopic (exact) mass is 1010 g/mol. The fraction of sp³-hybridized carbons (Fsp3) is 0.644. The van der Waals surface area contributed by atoms with E-state index in [0.29, 0.717) is 24.2 Å². The van der Waals surface area contributed by atoms with Crippen LogP contribution in [0.5, 0.6) is 5.75 Å². The summed E-state index contributed by atoms with van der Waals surface area (Å²) >= 11 is 1.38. The molecule has 0 saturated carbocycles. The van der Waals surface area contributed by atoms with Crippen molar-refractivity contribution in [2.45, 2.75) is 141 Å². The number of aliphatic carboxylic acids is 1. The summed E-state index contributed by atoms with van der Waals surface area (Å²) in [6, 6.07) is -4.86. The molecular weight excluding hydrogens is 935 g/mol. The Hall–Kier alpha value is -6.05. The highest BCUT2D eigenvalue weighted by Gasteiger charge is 2.37. The summed E-state index contributed by atoms with van der Waals surface area (Å²) in [5.74, 6) is -10.2. The number of nitrogens with one attached hydrogen (secondary N) is 8. The van der Waals surface area contributed by atoms with Gasteiger partial charge in [-0.25, -0.2) is 4.79 Å². The third kappa shape index (κ3) is 22.1. The Balaban J connectivity index is 3.29. The summed E-state index contributed by atoms with van der Waals surface area (Å²) in [6.07, 6.45) is 0.684. The minimum Gasteiger partial charge on any atom is -0.508 e. The number of nitrogens with two attached hydrogens (primary N) is 3. The molecule has 0 bridgehead atoms. The zero-order chi connectivity index (χ0) is 53.4. The van der Waals surface area contributed by atoms with E-state index in [1.54, 1.807) is 47.8 Å². The molecule has 0 saturated heterocycles. The van der Waals surface area contributed by atoms with Gasteiger partial charge < -0.3 is 75.1 Å². The minimum atomic E-state index is -1.60. The molecule has 1 rings (SSSR count). The van der Waals surface area contributed by atoms with Crippen LogP contribution in [0.25, 0.3) is 0 Å². The average Bonchev–Trinajstić information content (AvgIpc) is 3.27. The molecule has 0 unspecified atom stereocenters. The number of phenolic OH excluding ortho intramolecular Hbond substituents is 1. The van der Waals surface area contributed by atoms with Crippen molar-refractivity contribution in [1.29, 1.82) is 0 Å². The number of phenols is 1. The SMILES string of the molecule is CSCC[C@H](NC(=O)[C@@H](N)CC(N)=O)C(=O)N[C@@H](Cc1ccc(O)cc1)C(=O)NCC(=O)N[C@@H](CCCCN)C(=O)N[C@H](C(=O)N[C@H](C(=O)N[C@H](C(=O)N[C@H](C(=O)O)C(C)C)[C@@H](C)O)C(C)C)C(C)C. The van der Waals surface area contributed by atoms with E-state index in [0.717, 1.165) is 0 Å². The minimum absolute atomic E-state index is 0.0559. The van der Waals surface area contributed by atoms with Crippen molar-refractivity contribution in [1.82, 2.24) is 42.5 Å². The lowest BCUT2D eigenvalue weighted by atomic mass is 9.98. The Kier molecular flexibility index (Phi) is 27.6. The fourth-order valence-corrected chi connectivity index (χ4v) is 7.18. The van der Waals surface area contributed by atoms with E-state index in [-0.39, 0.29) is 31.6 Å². The predicted octanol–water partition coefficient (Wildman–Crippen LogP) is -3.04. The molecule has 0 fully saturated rings. The van der Waals surface area contributed by atoms with Crippen LogP contribution in [0, 0.1) is 17.8 Å². The molecule has 1 aromatic rings. The van der Waals surface area contributed by atoms with Crippen LogP contribution in [-0.2, 0) is 54.4 Å². The number of thioether (sulfide) groups is 1. The van der Waals surface area contributed by atoms with E-state index >= 15 is 0 Å². The first-order valence-electron chi connectivity index (χ1n) is 23.0. The number of rotatable bonds is 32. The maximum atomic E-state index is 13.9. The Bertz CT molecular complexity index is 1940. The van der Waals surface area contributed by atoms with E-state index in [1.807, 2.05) is 0 Å². The van der Waals surface area contributed by atoms with Gasteiger partial charge >= 0.3 is 5.97 Å². The number of carbonyl (C=O) groups is 10. The number of carboxylic acids is 1. The van der Waals surface area contributed by atoms with Gasteiger partial charge in [-0.2, -0.15) is 11.8 Å². The van der Waals surface area contributed by atoms with E-state index in [1.165, 1.54) is 43.0 Å². The summed E-state index contributed by atoms with van der Waals surface area (Å²) in [5.41, 5.74) is 17.2. The number of aliphatic hydroxyl groups excluding tert-OH is 1. The predicted molar refractivity (Wildman–Crippen MR) is 260 cm³/mol. The quantitative estimate of drug-likeness (QED) is 0.0319. The van der Waals surface area contributed by atoms with Gasteiger partial charge in [0.05, 0.1) is 25.1 Å². The third-order valence-corrected chi connectivity index (χ3v) is 11.5. The van der Waals surface area contributed by atoms with Crippen molar-refractivity contribution in [3.63, 3.8) is 0 Å². The maximum Gasteiger partial charge on any atom is 0.326 e. The van der Waals surface area contributed by atoms with Crippen LogP contribution < -0.4 is 59.7 Å². The summed E-state index contributed by atoms with van der Waals surface area (Å²) in [5, 5.41) is 49.8. The van der Waals surface area contributed by atoms with Crippen molar-refractivity contribution in [3.05, 3.63) is 29.8 Å². The molecular formula is C45H75N11O13S. The normalized spacial score (nSPS) is 15.1. The van der Waals surface area contributed by atoms with E-state index in [9.17, 15) is 63.3 Å².